The summed E-state index contributed by atoms with van der Waals surface area (Å²) in [6, 6.07) is 81.3. The van der Waals surface area contributed by atoms with Gasteiger partial charge in [0.25, 0.3) is 0 Å². The van der Waals surface area contributed by atoms with Crippen LogP contribution in [-0.2, 0) is 0 Å². The van der Waals surface area contributed by atoms with E-state index in [4.69, 9.17) is 0 Å². The van der Waals surface area contributed by atoms with E-state index >= 15 is 0 Å². The summed E-state index contributed by atoms with van der Waals surface area (Å²) in [6.07, 6.45) is 0. The molecule has 0 aliphatic rings. The highest BCUT2D eigenvalue weighted by Crippen LogP contribution is 2.43. The first-order chi connectivity index (χ1) is 33.1. The molecule has 14 rings (SSSR count). The van der Waals surface area contributed by atoms with E-state index in [1.807, 2.05) is 6.07 Å². The normalized spacial score (nSPS) is 11.9. The molecule has 4 heterocycles. The van der Waals surface area contributed by atoms with Crippen molar-refractivity contribution in [3.05, 3.63) is 230 Å². The van der Waals surface area contributed by atoms with E-state index in [-0.39, 0.29) is 0 Å². The Bertz CT molecular complexity index is 4320. The molecule has 0 unspecified atom stereocenters. The first-order valence-electron chi connectivity index (χ1n) is 22.8. The number of hydrogen-bond acceptors (Lipinski definition) is 1. The van der Waals surface area contributed by atoms with Crippen LogP contribution in [0.25, 0.3) is 121 Å². The summed E-state index contributed by atoms with van der Waals surface area (Å²) in [5, 5.41) is 20.1. The quantitative estimate of drug-likeness (QED) is 0.170. The fourth-order valence-electron chi connectivity index (χ4n) is 11.2. The SMILES string of the molecule is Cc1ccc(-c2cc(C#N)ccc2-n2c3ccccc3c3cc(-n4c5ccccc5c5ccccc54)ccc32)c(-n2c3ccccc3c3cc(-n4c5ccccc5c5ccccc54)ccc32)c1. The highest BCUT2D eigenvalue weighted by atomic mass is 15.0. The fraction of sp³-hybridized carbons (Fsp3) is 0.0161. The molecule has 0 fully saturated rings. The molecule has 0 saturated heterocycles. The van der Waals surface area contributed by atoms with Gasteiger partial charge in [0, 0.05) is 65.6 Å². The zero-order valence-electron chi connectivity index (χ0n) is 36.5. The molecule has 5 heteroatoms. The molecule has 67 heavy (non-hydrogen) atoms. The zero-order chi connectivity index (χ0) is 44.3. The van der Waals surface area contributed by atoms with Crippen molar-refractivity contribution < 1.29 is 0 Å². The molecule has 0 atom stereocenters. The van der Waals surface area contributed by atoms with Crippen molar-refractivity contribution in [1.29, 1.82) is 5.26 Å². The number of fused-ring (bicyclic) bond motifs is 12. The van der Waals surface area contributed by atoms with Gasteiger partial charge in [0.15, 0.2) is 0 Å². The third-order valence-electron chi connectivity index (χ3n) is 14.0. The van der Waals surface area contributed by atoms with E-state index in [0.29, 0.717) is 5.56 Å². The van der Waals surface area contributed by atoms with Crippen molar-refractivity contribution >= 4 is 87.2 Å². The van der Waals surface area contributed by atoms with Crippen molar-refractivity contribution in [2.45, 2.75) is 6.92 Å². The van der Waals surface area contributed by atoms with Crippen LogP contribution in [0.15, 0.2) is 218 Å². The molecule has 5 nitrogen and oxygen atoms in total. The molecule has 14 aromatic rings. The first-order valence-corrected chi connectivity index (χ1v) is 22.8. The van der Waals surface area contributed by atoms with Crippen LogP contribution >= 0.6 is 0 Å². The average Bonchev–Trinajstić information content (AvgIpc) is 4.11. The lowest BCUT2D eigenvalue weighted by atomic mass is 9.97. The Hall–Kier alpha value is -9.11. The van der Waals surface area contributed by atoms with Gasteiger partial charge in [0.05, 0.1) is 67.1 Å². The van der Waals surface area contributed by atoms with Crippen molar-refractivity contribution in [3.8, 4) is 39.9 Å². The van der Waals surface area contributed by atoms with E-state index in [1.54, 1.807) is 0 Å². The molecule has 0 bridgehead atoms. The fourth-order valence-corrected chi connectivity index (χ4v) is 11.2. The van der Waals surface area contributed by atoms with Crippen molar-refractivity contribution in [2.24, 2.45) is 0 Å². The first kappa shape index (κ1) is 37.3. The van der Waals surface area contributed by atoms with Gasteiger partial charge in [-0.2, -0.15) is 5.26 Å². The topological polar surface area (TPSA) is 43.5 Å². The van der Waals surface area contributed by atoms with Crippen LogP contribution in [0.4, 0.5) is 0 Å². The molecule has 0 N–H and O–H groups in total. The van der Waals surface area contributed by atoms with Crippen LogP contribution in [-0.4, -0.2) is 18.3 Å². The average molecular weight is 854 g/mol. The van der Waals surface area contributed by atoms with Crippen molar-refractivity contribution in [3.63, 3.8) is 0 Å². The van der Waals surface area contributed by atoms with Crippen LogP contribution in [0.3, 0.4) is 0 Å². The van der Waals surface area contributed by atoms with E-state index in [9.17, 15) is 5.26 Å². The highest BCUT2D eigenvalue weighted by molar-refractivity contribution is 6.15. The van der Waals surface area contributed by atoms with E-state index < -0.39 is 0 Å². The zero-order valence-corrected chi connectivity index (χ0v) is 36.5. The van der Waals surface area contributed by atoms with Gasteiger partial charge in [-0.3, -0.25) is 0 Å². The minimum Gasteiger partial charge on any atom is -0.309 e. The smallest absolute Gasteiger partial charge is 0.0991 e. The van der Waals surface area contributed by atoms with Gasteiger partial charge in [-0.1, -0.05) is 121 Å². The third-order valence-corrected chi connectivity index (χ3v) is 14.0. The molecule has 0 saturated carbocycles. The Balaban J connectivity index is 1.00. The summed E-state index contributed by atoms with van der Waals surface area (Å²) in [6.45, 7) is 2.16. The molecule has 312 valence electrons. The Morgan fingerprint density at radius 3 is 1.10 bits per heavy atom. The van der Waals surface area contributed by atoms with Crippen LogP contribution in [0.2, 0.25) is 0 Å². The monoisotopic (exact) mass is 853 g/mol. The summed E-state index contributed by atoms with van der Waals surface area (Å²) in [5.74, 6) is 0. The van der Waals surface area contributed by atoms with Gasteiger partial charge >= 0.3 is 0 Å². The summed E-state index contributed by atoms with van der Waals surface area (Å²) in [7, 11) is 0. The lowest BCUT2D eigenvalue weighted by molar-refractivity contribution is 1.15. The van der Waals surface area contributed by atoms with Crippen LogP contribution < -0.4 is 0 Å². The largest absolute Gasteiger partial charge is 0.309 e. The van der Waals surface area contributed by atoms with Gasteiger partial charge in [-0.25, -0.2) is 0 Å². The molecule has 0 amide bonds. The third kappa shape index (κ3) is 5.36. The predicted molar refractivity (Wildman–Crippen MR) is 279 cm³/mol. The van der Waals surface area contributed by atoms with Crippen LogP contribution in [0, 0.1) is 18.3 Å². The Labute approximate surface area is 385 Å². The standard InChI is InChI=1S/C62H39N5/c1-39-26-30-49(62(34-39)67-58-25-13-7-19-48(58)52-37-42(29-33-61(52)67)65-55-22-10-4-16-45(55)46-17-5-11-23-56(46)65)50-35-40(38-63)27-31-59(50)66-57-24-12-6-18-47(57)51-36-41(28-32-60(51)66)64-53-20-8-2-14-43(53)44-15-3-9-21-54(44)64/h2-37H,1H3. The number of para-hydroxylation sites is 6. The minimum atomic E-state index is 0.609. The Morgan fingerprint density at radius 2 is 0.672 bits per heavy atom. The number of aromatic nitrogens is 4. The van der Waals surface area contributed by atoms with E-state index in [0.717, 1.165) is 66.9 Å². The number of benzene rings is 10. The van der Waals surface area contributed by atoms with Crippen LogP contribution in [0.1, 0.15) is 11.1 Å². The summed E-state index contributed by atoms with van der Waals surface area (Å²) in [5.41, 5.74) is 17.3. The molecule has 0 aliphatic heterocycles. The molecule has 4 aromatic heterocycles. The Kier molecular flexibility index (Phi) is 7.90. The summed E-state index contributed by atoms with van der Waals surface area (Å²) >= 11 is 0. The van der Waals surface area contributed by atoms with E-state index in [1.165, 1.54) is 59.8 Å². The number of aryl methyl sites for hydroxylation is 1. The van der Waals surface area contributed by atoms with Gasteiger partial charge in [-0.05, 0) is 110 Å². The molecular formula is C62H39N5. The second-order valence-corrected chi connectivity index (χ2v) is 17.7. The summed E-state index contributed by atoms with van der Waals surface area (Å²) in [4.78, 5) is 0. The van der Waals surface area contributed by atoms with Crippen molar-refractivity contribution in [2.75, 3.05) is 0 Å². The number of nitrogens with zero attached hydrogens (tertiary/aromatic N) is 5. The number of rotatable bonds is 5. The predicted octanol–water partition coefficient (Wildman–Crippen LogP) is 15.9. The second-order valence-electron chi connectivity index (χ2n) is 17.7. The second kappa shape index (κ2) is 14.2. The van der Waals surface area contributed by atoms with Crippen LogP contribution in [0.5, 0.6) is 0 Å². The van der Waals surface area contributed by atoms with Gasteiger partial charge in [0.1, 0.15) is 0 Å². The Morgan fingerprint density at radius 1 is 0.299 bits per heavy atom. The van der Waals surface area contributed by atoms with Gasteiger partial charge < -0.3 is 18.3 Å². The van der Waals surface area contributed by atoms with Crippen molar-refractivity contribution in [1.82, 2.24) is 18.3 Å². The van der Waals surface area contributed by atoms with Gasteiger partial charge in [0.2, 0.25) is 0 Å². The maximum atomic E-state index is 10.5. The molecular weight excluding hydrogens is 815 g/mol. The molecule has 0 spiro atoms. The molecule has 0 aliphatic carbocycles. The number of hydrogen-bond donors (Lipinski definition) is 0. The number of nitriles is 1. The lowest BCUT2D eigenvalue weighted by Crippen LogP contribution is -2.03. The maximum absolute atomic E-state index is 10.5. The molecule has 10 aromatic carbocycles. The maximum Gasteiger partial charge on any atom is 0.0991 e. The van der Waals surface area contributed by atoms with Gasteiger partial charge in [-0.15, -0.1) is 0 Å². The lowest BCUT2D eigenvalue weighted by Gasteiger charge is -2.19. The summed E-state index contributed by atoms with van der Waals surface area (Å²) < 4.78 is 9.60. The highest BCUT2D eigenvalue weighted by Gasteiger charge is 2.23. The van der Waals surface area contributed by atoms with E-state index in [2.05, 4.69) is 244 Å². The minimum absolute atomic E-state index is 0.609. The molecule has 0 radical (unpaired) electrons.